The number of hydrogen-bond donors (Lipinski definition) is 1. The van der Waals surface area contributed by atoms with Crippen LogP contribution in [0.2, 0.25) is 0 Å². The van der Waals surface area contributed by atoms with Crippen molar-refractivity contribution in [3.63, 3.8) is 0 Å². The van der Waals surface area contributed by atoms with Gasteiger partial charge in [-0.1, -0.05) is 36.4 Å². The van der Waals surface area contributed by atoms with E-state index in [0.29, 0.717) is 12.2 Å². The van der Waals surface area contributed by atoms with Crippen molar-refractivity contribution in [3.8, 4) is 0 Å². The lowest BCUT2D eigenvalue weighted by Crippen LogP contribution is -2.19. The fourth-order valence-electron chi connectivity index (χ4n) is 3.76. The summed E-state index contributed by atoms with van der Waals surface area (Å²) in [5.74, 6) is 0.386. The van der Waals surface area contributed by atoms with Gasteiger partial charge in [-0.3, -0.25) is 4.79 Å². The first-order chi connectivity index (χ1) is 11.5. The fraction of sp³-hybridized carbons (Fsp3) is 0.409. The molecule has 4 rings (SSSR count). The zero-order valence-electron chi connectivity index (χ0n) is 14.6. The smallest absolute Gasteiger partial charge is 0.137 e. The summed E-state index contributed by atoms with van der Waals surface area (Å²) in [6.45, 7) is 4.20. The number of benzene rings is 2. The molecule has 2 nitrogen and oxygen atoms in total. The van der Waals surface area contributed by atoms with Gasteiger partial charge in [-0.2, -0.15) is 0 Å². The molecular weight excluding hydrogens is 296 g/mol. The lowest BCUT2D eigenvalue weighted by Gasteiger charge is -2.21. The van der Waals surface area contributed by atoms with E-state index in [2.05, 4.69) is 50.2 Å². The second kappa shape index (κ2) is 7.31. The first-order valence-corrected chi connectivity index (χ1v) is 8.89. The Morgan fingerprint density at radius 3 is 2.21 bits per heavy atom. The molecule has 0 spiro atoms. The standard InChI is InChI=1S/C11H14O.C11H12O/c2*1-8-3-2-4-9-5-6-10(12)7-11(8)9/h2-4,10,12H,5-7H2,1H3;2-4H,5-7H2,1H3/t10-;/m1./s1. The molecule has 0 amide bonds. The van der Waals surface area contributed by atoms with Crippen molar-refractivity contribution in [1.29, 1.82) is 0 Å². The first-order valence-electron chi connectivity index (χ1n) is 8.89. The van der Waals surface area contributed by atoms with E-state index < -0.39 is 0 Å². The number of aryl methyl sites for hydroxylation is 4. The summed E-state index contributed by atoms with van der Waals surface area (Å²) in [5.41, 5.74) is 8.03. The first kappa shape index (κ1) is 16.9. The van der Waals surface area contributed by atoms with Gasteiger partial charge < -0.3 is 5.11 Å². The largest absolute Gasteiger partial charge is 0.393 e. The van der Waals surface area contributed by atoms with Gasteiger partial charge in [0.15, 0.2) is 0 Å². The zero-order valence-corrected chi connectivity index (χ0v) is 14.6. The highest BCUT2D eigenvalue weighted by Gasteiger charge is 2.17. The maximum Gasteiger partial charge on any atom is 0.137 e. The predicted molar refractivity (Wildman–Crippen MR) is 97.4 cm³/mol. The van der Waals surface area contributed by atoms with E-state index in [-0.39, 0.29) is 6.10 Å². The predicted octanol–water partition coefficient (Wildman–Crippen LogP) is 3.90. The van der Waals surface area contributed by atoms with Gasteiger partial charge in [0.2, 0.25) is 0 Å². The summed E-state index contributed by atoms with van der Waals surface area (Å²) < 4.78 is 0. The van der Waals surface area contributed by atoms with Crippen LogP contribution < -0.4 is 0 Å². The molecule has 2 aromatic rings. The third-order valence-electron chi connectivity index (χ3n) is 5.25. The summed E-state index contributed by atoms with van der Waals surface area (Å²) in [7, 11) is 0. The van der Waals surface area contributed by atoms with Crippen LogP contribution in [0.25, 0.3) is 0 Å². The van der Waals surface area contributed by atoms with Crippen LogP contribution in [0.4, 0.5) is 0 Å². The SMILES string of the molecule is Cc1cccc2c1CC(=O)CC2.Cc1cccc2c1C[C@H](O)CC2. The Balaban J connectivity index is 0.000000141. The normalized spacial score (nSPS) is 19.0. The van der Waals surface area contributed by atoms with Gasteiger partial charge in [0.1, 0.15) is 5.78 Å². The molecular formula is C22H26O2. The van der Waals surface area contributed by atoms with Crippen LogP contribution in [0.3, 0.4) is 0 Å². The number of rotatable bonds is 0. The summed E-state index contributed by atoms with van der Waals surface area (Å²) in [5, 5.41) is 9.48. The number of aliphatic hydroxyl groups is 1. The van der Waals surface area contributed by atoms with Crippen LogP contribution in [-0.4, -0.2) is 17.0 Å². The van der Waals surface area contributed by atoms with Crippen LogP contribution in [0.1, 0.15) is 46.2 Å². The van der Waals surface area contributed by atoms with Crippen molar-refractivity contribution >= 4 is 5.78 Å². The molecule has 0 unspecified atom stereocenters. The van der Waals surface area contributed by atoms with Gasteiger partial charge in [0, 0.05) is 12.8 Å². The zero-order chi connectivity index (χ0) is 17.1. The Bertz CT molecular complexity index is 746. The monoisotopic (exact) mass is 322 g/mol. The molecule has 0 aliphatic heterocycles. The molecule has 2 heteroatoms. The molecule has 0 saturated heterocycles. The highest BCUT2D eigenvalue weighted by Crippen LogP contribution is 2.24. The average Bonchev–Trinajstić information content (AvgIpc) is 2.57. The van der Waals surface area contributed by atoms with E-state index in [1.54, 1.807) is 0 Å². The van der Waals surface area contributed by atoms with Crippen LogP contribution in [0.15, 0.2) is 36.4 Å². The van der Waals surface area contributed by atoms with Gasteiger partial charge in [0.05, 0.1) is 6.10 Å². The number of carbonyl (C=O) groups excluding carboxylic acids is 1. The van der Waals surface area contributed by atoms with Crippen molar-refractivity contribution in [1.82, 2.24) is 0 Å². The molecule has 2 aliphatic rings. The minimum absolute atomic E-state index is 0.112. The lowest BCUT2D eigenvalue weighted by molar-refractivity contribution is -0.118. The molecule has 0 aromatic heterocycles. The summed E-state index contributed by atoms with van der Waals surface area (Å²) in [6, 6.07) is 12.7. The quantitative estimate of drug-likeness (QED) is 0.799. The molecule has 1 atom stereocenters. The van der Waals surface area contributed by atoms with Crippen molar-refractivity contribution < 1.29 is 9.90 Å². The average molecular weight is 322 g/mol. The van der Waals surface area contributed by atoms with Crippen LogP contribution in [0, 0.1) is 13.8 Å². The molecule has 1 N–H and O–H groups in total. The number of aliphatic hydroxyl groups excluding tert-OH is 1. The molecule has 0 saturated carbocycles. The van der Waals surface area contributed by atoms with E-state index in [0.717, 1.165) is 32.1 Å². The van der Waals surface area contributed by atoms with Crippen molar-refractivity contribution in [2.75, 3.05) is 0 Å². The molecule has 0 heterocycles. The summed E-state index contributed by atoms with van der Waals surface area (Å²) >= 11 is 0. The van der Waals surface area contributed by atoms with Crippen molar-refractivity contribution in [2.24, 2.45) is 0 Å². The number of hydrogen-bond acceptors (Lipinski definition) is 2. The number of carbonyl (C=O) groups is 1. The number of ketones is 1. The van der Waals surface area contributed by atoms with E-state index in [4.69, 9.17) is 0 Å². The van der Waals surface area contributed by atoms with Crippen molar-refractivity contribution in [3.05, 3.63) is 69.8 Å². The second-order valence-corrected chi connectivity index (χ2v) is 7.04. The Kier molecular flexibility index (Phi) is 5.15. The third-order valence-corrected chi connectivity index (χ3v) is 5.25. The van der Waals surface area contributed by atoms with Crippen molar-refractivity contribution in [2.45, 2.75) is 58.5 Å². The molecule has 126 valence electrons. The van der Waals surface area contributed by atoms with Crippen LogP contribution >= 0.6 is 0 Å². The topological polar surface area (TPSA) is 37.3 Å². The van der Waals surface area contributed by atoms with Crippen LogP contribution in [0.5, 0.6) is 0 Å². The summed E-state index contributed by atoms with van der Waals surface area (Å²) in [4.78, 5) is 11.2. The van der Waals surface area contributed by atoms with E-state index in [1.807, 2.05) is 0 Å². The van der Waals surface area contributed by atoms with Gasteiger partial charge in [-0.15, -0.1) is 0 Å². The molecule has 2 aliphatic carbocycles. The Morgan fingerprint density at radius 2 is 1.50 bits per heavy atom. The highest BCUT2D eigenvalue weighted by atomic mass is 16.3. The minimum atomic E-state index is -0.112. The van der Waals surface area contributed by atoms with Gasteiger partial charge in [0.25, 0.3) is 0 Å². The molecule has 2 aromatic carbocycles. The minimum Gasteiger partial charge on any atom is -0.393 e. The fourth-order valence-corrected chi connectivity index (χ4v) is 3.76. The Morgan fingerprint density at radius 1 is 0.875 bits per heavy atom. The van der Waals surface area contributed by atoms with E-state index in [9.17, 15) is 9.90 Å². The van der Waals surface area contributed by atoms with Crippen LogP contribution in [-0.2, 0) is 30.5 Å². The maximum absolute atomic E-state index is 11.2. The third kappa shape index (κ3) is 3.76. The molecule has 0 fully saturated rings. The van der Waals surface area contributed by atoms with Gasteiger partial charge in [-0.25, -0.2) is 0 Å². The molecule has 0 bridgehead atoms. The Hall–Kier alpha value is -1.93. The lowest BCUT2D eigenvalue weighted by atomic mass is 9.87. The molecule has 0 radical (unpaired) electrons. The Labute approximate surface area is 144 Å². The second-order valence-electron chi connectivity index (χ2n) is 7.04. The maximum atomic E-state index is 11.2. The van der Waals surface area contributed by atoms with Gasteiger partial charge >= 0.3 is 0 Å². The molecule has 24 heavy (non-hydrogen) atoms. The van der Waals surface area contributed by atoms with Gasteiger partial charge in [-0.05, 0) is 72.9 Å². The summed E-state index contributed by atoms with van der Waals surface area (Å²) in [6.07, 6.45) is 5.03. The van der Waals surface area contributed by atoms with E-state index in [1.165, 1.54) is 33.4 Å². The highest BCUT2D eigenvalue weighted by molar-refractivity contribution is 5.83. The number of Topliss-reactive ketones (excluding diaryl/α,β-unsaturated/α-hetero) is 1. The number of fused-ring (bicyclic) bond motifs is 2. The van der Waals surface area contributed by atoms with E-state index >= 15 is 0 Å².